The van der Waals surface area contributed by atoms with Crippen LogP contribution in [0.25, 0.3) is 0 Å². The molecule has 2 nitrogen and oxygen atoms in total. The third-order valence-corrected chi connectivity index (χ3v) is 5.48. The van der Waals surface area contributed by atoms with Crippen molar-refractivity contribution >= 4 is 29.1 Å². The predicted molar refractivity (Wildman–Crippen MR) is 88.9 cm³/mol. The van der Waals surface area contributed by atoms with Crippen LogP contribution in [0.1, 0.15) is 58.2 Å². The average molecular weight is 328 g/mol. The van der Waals surface area contributed by atoms with Gasteiger partial charge in [0.25, 0.3) is 0 Å². The number of hydrogen-bond acceptors (Lipinski definition) is 1. The number of amides is 1. The molecule has 1 amide bonds. The summed E-state index contributed by atoms with van der Waals surface area (Å²) in [5.74, 6) is -0.0834. The van der Waals surface area contributed by atoms with Gasteiger partial charge in [-0.2, -0.15) is 0 Å². The Balaban J connectivity index is 2.04. The van der Waals surface area contributed by atoms with Crippen LogP contribution in [0.5, 0.6) is 0 Å². The molecule has 1 saturated carbocycles. The fraction of sp³-hybridized carbons (Fsp3) is 0.588. The number of rotatable bonds is 3. The van der Waals surface area contributed by atoms with Crippen LogP contribution in [-0.2, 0) is 10.2 Å². The minimum Gasteiger partial charge on any atom is -0.349 e. The standard InChI is InChI=1S/C17H23Cl2NO/c1-11(20-14(21)16(5)10-17(16,18)19)12-6-8-13(9-7-12)15(2,3)4/h6-9,11H,10H2,1-5H3,(H,20,21)/t11-,16-/m0/s1. The smallest absolute Gasteiger partial charge is 0.229 e. The van der Waals surface area contributed by atoms with E-state index in [1.54, 1.807) is 6.92 Å². The van der Waals surface area contributed by atoms with Crippen LogP contribution in [0.15, 0.2) is 24.3 Å². The Morgan fingerprint density at radius 1 is 1.24 bits per heavy atom. The molecule has 0 unspecified atom stereocenters. The molecule has 1 aliphatic carbocycles. The maximum Gasteiger partial charge on any atom is 0.229 e. The summed E-state index contributed by atoms with van der Waals surface area (Å²) in [6.07, 6.45) is 0.505. The fourth-order valence-corrected chi connectivity index (χ4v) is 3.06. The van der Waals surface area contributed by atoms with Crippen molar-refractivity contribution in [1.29, 1.82) is 0 Å². The SMILES string of the molecule is C[C@H](NC(=O)[C@]1(C)CC1(Cl)Cl)c1ccc(C(C)(C)C)cc1. The van der Waals surface area contributed by atoms with Crippen molar-refractivity contribution in [2.45, 2.75) is 56.8 Å². The highest BCUT2D eigenvalue weighted by Crippen LogP contribution is 2.63. The van der Waals surface area contributed by atoms with E-state index in [0.717, 1.165) is 5.56 Å². The molecule has 1 aromatic carbocycles. The van der Waals surface area contributed by atoms with E-state index in [9.17, 15) is 4.79 Å². The Bertz CT molecular complexity index is 545. The Hall–Kier alpha value is -0.730. The summed E-state index contributed by atoms with van der Waals surface area (Å²) in [5, 5.41) is 3.00. The molecule has 0 aliphatic heterocycles. The zero-order valence-electron chi connectivity index (χ0n) is 13.3. The van der Waals surface area contributed by atoms with Crippen LogP contribution >= 0.6 is 23.2 Å². The first kappa shape index (κ1) is 16.6. The third-order valence-electron chi connectivity index (χ3n) is 4.38. The van der Waals surface area contributed by atoms with Crippen LogP contribution < -0.4 is 5.32 Å². The molecule has 2 atom stereocenters. The number of benzene rings is 1. The van der Waals surface area contributed by atoms with Gasteiger partial charge in [-0.3, -0.25) is 4.79 Å². The van der Waals surface area contributed by atoms with Gasteiger partial charge in [0, 0.05) is 0 Å². The van der Waals surface area contributed by atoms with Gasteiger partial charge in [-0.15, -0.1) is 23.2 Å². The number of nitrogens with one attached hydrogen (secondary N) is 1. The summed E-state index contributed by atoms with van der Waals surface area (Å²) in [7, 11) is 0. The zero-order valence-corrected chi connectivity index (χ0v) is 14.8. The third kappa shape index (κ3) is 3.22. The molecule has 0 bridgehead atoms. The highest BCUT2D eigenvalue weighted by molar-refractivity contribution is 6.53. The normalized spacial score (nSPS) is 25.3. The number of carbonyl (C=O) groups is 1. The van der Waals surface area contributed by atoms with Gasteiger partial charge in [0.05, 0.1) is 11.5 Å². The predicted octanol–water partition coefficient (Wildman–Crippen LogP) is 4.75. The molecule has 0 spiro atoms. The minimum absolute atomic E-state index is 0.0620. The van der Waals surface area contributed by atoms with Gasteiger partial charge in [0.2, 0.25) is 5.91 Å². The lowest BCUT2D eigenvalue weighted by Crippen LogP contribution is -2.35. The second kappa shape index (κ2) is 5.17. The Labute approximate surface area is 137 Å². The summed E-state index contributed by atoms with van der Waals surface area (Å²) in [5.41, 5.74) is 1.81. The molecule has 1 fully saturated rings. The van der Waals surface area contributed by atoms with E-state index in [-0.39, 0.29) is 17.4 Å². The van der Waals surface area contributed by atoms with Crippen LogP contribution in [0, 0.1) is 5.41 Å². The molecule has 0 aromatic heterocycles. The van der Waals surface area contributed by atoms with Crippen molar-refractivity contribution in [3.8, 4) is 0 Å². The van der Waals surface area contributed by atoms with Crippen LogP contribution in [0.2, 0.25) is 0 Å². The van der Waals surface area contributed by atoms with E-state index in [0.29, 0.717) is 6.42 Å². The molecule has 0 radical (unpaired) electrons. The molecule has 1 aromatic rings. The lowest BCUT2D eigenvalue weighted by Gasteiger charge is -2.22. The fourth-order valence-electron chi connectivity index (χ4n) is 2.36. The second-order valence-corrected chi connectivity index (χ2v) is 8.76. The lowest BCUT2D eigenvalue weighted by molar-refractivity contribution is -0.126. The van der Waals surface area contributed by atoms with E-state index < -0.39 is 9.75 Å². The van der Waals surface area contributed by atoms with E-state index >= 15 is 0 Å². The first-order chi connectivity index (χ1) is 9.47. The van der Waals surface area contributed by atoms with E-state index in [1.807, 2.05) is 6.92 Å². The van der Waals surface area contributed by atoms with Crippen molar-refractivity contribution in [2.24, 2.45) is 5.41 Å². The topological polar surface area (TPSA) is 29.1 Å². The number of alkyl halides is 2. The summed E-state index contributed by atoms with van der Waals surface area (Å²) >= 11 is 12.1. The summed E-state index contributed by atoms with van der Waals surface area (Å²) in [6, 6.07) is 8.30. The number of hydrogen-bond donors (Lipinski definition) is 1. The quantitative estimate of drug-likeness (QED) is 0.798. The van der Waals surface area contributed by atoms with Gasteiger partial charge in [0.1, 0.15) is 4.33 Å². The largest absolute Gasteiger partial charge is 0.349 e. The number of halogens is 2. The van der Waals surface area contributed by atoms with E-state index in [4.69, 9.17) is 23.2 Å². The van der Waals surface area contributed by atoms with Crippen molar-refractivity contribution in [3.63, 3.8) is 0 Å². The molecule has 21 heavy (non-hydrogen) atoms. The zero-order chi connectivity index (χ0) is 16.1. The monoisotopic (exact) mass is 327 g/mol. The Kier molecular flexibility index (Phi) is 4.10. The molecular formula is C17H23Cl2NO. The first-order valence-corrected chi connectivity index (χ1v) is 8.02. The van der Waals surface area contributed by atoms with E-state index in [1.165, 1.54) is 5.56 Å². The number of carbonyl (C=O) groups excluding carboxylic acids is 1. The maximum atomic E-state index is 12.3. The highest BCUT2D eigenvalue weighted by Gasteiger charge is 2.67. The van der Waals surface area contributed by atoms with Gasteiger partial charge < -0.3 is 5.32 Å². The van der Waals surface area contributed by atoms with Gasteiger partial charge in [-0.25, -0.2) is 0 Å². The van der Waals surface area contributed by atoms with Gasteiger partial charge in [0.15, 0.2) is 0 Å². The average Bonchev–Trinajstić information content (AvgIpc) is 2.89. The van der Waals surface area contributed by atoms with Crippen LogP contribution in [0.3, 0.4) is 0 Å². The van der Waals surface area contributed by atoms with Crippen molar-refractivity contribution < 1.29 is 4.79 Å². The molecule has 0 heterocycles. The van der Waals surface area contributed by atoms with Crippen molar-refractivity contribution in [1.82, 2.24) is 5.32 Å². The Morgan fingerprint density at radius 2 is 1.71 bits per heavy atom. The van der Waals surface area contributed by atoms with Crippen LogP contribution in [-0.4, -0.2) is 10.2 Å². The van der Waals surface area contributed by atoms with Gasteiger partial charge in [-0.05, 0) is 36.8 Å². The Morgan fingerprint density at radius 3 is 2.10 bits per heavy atom. The van der Waals surface area contributed by atoms with Gasteiger partial charge >= 0.3 is 0 Å². The summed E-state index contributed by atoms with van der Waals surface area (Å²) < 4.78 is -0.924. The summed E-state index contributed by atoms with van der Waals surface area (Å²) in [4.78, 5) is 12.3. The maximum absolute atomic E-state index is 12.3. The first-order valence-electron chi connectivity index (χ1n) is 7.27. The highest BCUT2D eigenvalue weighted by atomic mass is 35.5. The van der Waals surface area contributed by atoms with Crippen molar-refractivity contribution in [2.75, 3.05) is 0 Å². The molecule has 4 heteroatoms. The molecule has 1 N–H and O–H groups in total. The second-order valence-electron chi connectivity index (χ2n) is 7.28. The molecule has 1 aliphatic rings. The van der Waals surface area contributed by atoms with Crippen LogP contribution in [0.4, 0.5) is 0 Å². The minimum atomic E-state index is -0.924. The summed E-state index contributed by atoms with van der Waals surface area (Å²) in [6.45, 7) is 10.3. The molecule has 116 valence electrons. The molecular weight excluding hydrogens is 305 g/mol. The van der Waals surface area contributed by atoms with E-state index in [2.05, 4.69) is 50.4 Å². The lowest BCUT2D eigenvalue weighted by atomic mass is 9.86. The molecule has 0 saturated heterocycles. The van der Waals surface area contributed by atoms with Gasteiger partial charge in [-0.1, -0.05) is 45.0 Å². The molecule has 2 rings (SSSR count). The van der Waals surface area contributed by atoms with Crippen molar-refractivity contribution in [3.05, 3.63) is 35.4 Å².